The van der Waals surface area contributed by atoms with Gasteiger partial charge in [0, 0.05) is 18.2 Å². The van der Waals surface area contributed by atoms with Crippen molar-refractivity contribution >= 4 is 34.8 Å². The minimum absolute atomic E-state index is 0.0385. The molecule has 0 aliphatic rings. The minimum atomic E-state index is -1.05. The second-order valence-electron chi connectivity index (χ2n) is 5.65. The number of thiophene rings is 1. The quantitative estimate of drug-likeness (QED) is 0.705. The van der Waals surface area contributed by atoms with Crippen LogP contribution in [0.2, 0.25) is 0 Å². The number of hydrogen-bond donors (Lipinski definition) is 3. The van der Waals surface area contributed by atoms with Crippen molar-refractivity contribution in [3.05, 3.63) is 51.7 Å². The number of hydrogen-bond acceptors (Lipinski definition) is 4. The molecule has 1 heterocycles. The Morgan fingerprint density at radius 1 is 1.16 bits per heavy atom. The molecule has 2 amide bonds. The summed E-state index contributed by atoms with van der Waals surface area (Å²) in [5.74, 6) is -1.48. The number of carbonyl (C=O) groups excluding carboxylic acids is 2. The Balaban J connectivity index is 1.96. The predicted molar refractivity (Wildman–Crippen MR) is 97.0 cm³/mol. The van der Waals surface area contributed by atoms with Gasteiger partial charge in [-0.2, -0.15) is 0 Å². The number of carboxylic acid groups (broad SMARTS) is 1. The largest absolute Gasteiger partial charge is 0.477 e. The third kappa shape index (κ3) is 5.15. The lowest BCUT2D eigenvalue weighted by Crippen LogP contribution is -2.22. The van der Waals surface area contributed by atoms with Crippen molar-refractivity contribution in [2.75, 3.05) is 5.32 Å². The Morgan fingerprint density at radius 2 is 1.88 bits per heavy atom. The minimum Gasteiger partial charge on any atom is -0.477 e. The molecular formula is C18H20N2O4S. The lowest BCUT2D eigenvalue weighted by atomic mass is 10.1. The zero-order valence-electron chi connectivity index (χ0n) is 14.0. The van der Waals surface area contributed by atoms with E-state index in [-0.39, 0.29) is 29.2 Å². The van der Waals surface area contributed by atoms with Crippen LogP contribution in [0.5, 0.6) is 0 Å². The van der Waals surface area contributed by atoms with Crippen LogP contribution in [-0.2, 0) is 11.3 Å². The maximum absolute atomic E-state index is 12.1. The highest BCUT2D eigenvalue weighted by Gasteiger charge is 2.13. The fourth-order valence-electron chi connectivity index (χ4n) is 2.05. The molecule has 2 aromatic rings. The van der Waals surface area contributed by atoms with E-state index in [0.29, 0.717) is 10.6 Å². The van der Waals surface area contributed by atoms with Gasteiger partial charge in [-0.1, -0.05) is 26.0 Å². The molecule has 6 nitrogen and oxygen atoms in total. The molecule has 0 saturated carbocycles. The molecular weight excluding hydrogens is 340 g/mol. The molecule has 0 saturated heterocycles. The molecule has 25 heavy (non-hydrogen) atoms. The number of aromatic carboxylic acids is 1. The van der Waals surface area contributed by atoms with Crippen LogP contribution in [0.1, 0.15) is 45.2 Å². The van der Waals surface area contributed by atoms with E-state index in [4.69, 9.17) is 5.11 Å². The molecule has 0 fully saturated rings. The van der Waals surface area contributed by atoms with E-state index in [1.807, 2.05) is 19.9 Å². The van der Waals surface area contributed by atoms with Crippen LogP contribution in [0, 0.1) is 5.92 Å². The number of amides is 2. The molecule has 3 N–H and O–H groups in total. The van der Waals surface area contributed by atoms with Gasteiger partial charge in [0.1, 0.15) is 4.88 Å². The van der Waals surface area contributed by atoms with Crippen LogP contribution in [-0.4, -0.2) is 22.9 Å². The van der Waals surface area contributed by atoms with Gasteiger partial charge in [-0.05, 0) is 36.2 Å². The maximum Gasteiger partial charge on any atom is 0.345 e. The number of carboxylic acids is 1. The van der Waals surface area contributed by atoms with Gasteiger partial charge in [-0.25, -0.2) is 4.79 Å². The monoisotopic (exact) mass is 360 g/mol. The van der Waals surface area contributed by atoms with E-state index >= 15 is 0 Å². The van der Waals surface area contributed by atoms with E-state index in [1.54, 1.807) is 18.2 Å². The lowest BCUT2D eigenvalue weighted by molar-refractivity contribution is -0.119. The van der Waals surface area contributed by atoms with Crippen LogP contribution in [0.25, 0.3) is 0 Å². The van der Waals surface area contributed by atoms with Crippen LogP contribution in [0.3, 0.4) is 0 Å². The van der Waals surface area contributed by atoms with Crippen molar-refractivity contribution in [3.8, 4) is 0 Å². The first-order chi connectivity index (χ1) is 11.9. The van der Waals surface area contributed by atoms with Crippen LogP contribution in [0.4, 0.5) is 5.69 Å². The Labute approximate surface area is 149 Å². The number of carbonyl (C=O) groups is 3. The number of rotatable bonds is 7. The first-order valence-corrected chi connectivity index (χ1v) is 8.73. The molecule has 0 aliphatic heterocycles. The van der Waals surface area contributed by atoms with E-state index in [1.165, 1.54) is 12.1 Å². The molecule has 0 radical (unpaired) electrons. The Bertz CT molecular complexity index is 785. The SMILES string of the molecule is CCC(C)C(=O)Nc1cccc(CNC(=O)c2ccc(C(=O)O)s2)c1. The summed E-state index contributed by atoms with van der Waals surface area (Å²) in [4.78, 5) is 35.3. The smallest absolute Gasteiger partial charge is 0.345 e. The fourth-order valence-corrected chi connectivity index (χ4v) is 2.82. The Morgan fingerprint density at radius 3 is 2.52 bits per heavy atom. The zero-order chi connectivity index (χ0) is 18.4. The lowest BCUT2D eigenvalue weighted by Gasteiger charge is -2.11. The second-order valence-corrected chi connectivity index (χ2v) is 6.73. The van der Waals surface area contributed by atoms with Gasteiger partial charge in [0.25, 0.3) is 5.91 Å². The fraction of sp³-hybridized carbons (Fsp3) is 0.278. The first-order valence-electron chi connectivity index (χ1n) is 7.91. The van der Waals surface area contributed by atoms with E-state index in [2.05, 4.69) is 10.6 Å². The van der Waals surface area contributed by atoms with Crippen molar-refractivity contribution in [2.45, 2.75) is 26.8 Å². The highest BCUT2D eigenvalue weighted by Crippen LogP contribution is 2.17. The number of nitrogens with one attached hydrogen (secondary N) is 2. The van der Waals surface area contributed by atoms with Crippen molar-refractivity contribution in [1.82, 2.24) is 5.32 Å². The summed E-state index contributed by atoms with van der Waals surface area (Å²) >= 11 is 0.933. The van der Waals surface area contributed by atoms with Crippen molar-refractivity contribution in [3.63, 3.8) is 0 Å². The third-order valence-electron chi connectivity index (χ3n) is 3.75. The Hall–Kier alpha value is -2.67. The van der Waals surface area contributed by atoms with Gasteiger partial charge in [-0.15, -0.1) is 11.3 Å². The summed E-state index contributed by atoms with van der Waals surface area (Å²) in [5, 5.41) is 14.5. The molecule has 1 atom stereocenters. The second kappa shape index (κ2) is 8.43. The van der Waals surface area contributed by atoms with E-state index in [9.17, 15) is 14.4 Å². The van der Waals surface area contributed by atoms with Gasteiger partial charge in [-0.3, -0.25) is 9.59 Å². The summed E-state index contributed by atoms with van der Waals surface area (Å²) < 4.78 is 0. The van der Waals surface area contributed by atoms with Gasteiger partial charge in [0.05, 0.1) is 4.88 Å². The van der Waals surface area contributed by atoms with Crippen molar-refractivity contribution in [2.24, 2.45) is 5.92 Å². The molecule has 1 aromatic carbocycles. The predicted octanol–water partition coefficient (Wildman–Crippen LogP) is 3.36. The maximum atomic E-state index is 12.1. The molecule has 2 rings (SSSR count). The molecule has 0 bridgehead atoms. The molecule has 1 aromatic heterocycles. The third-order valence-corrected chi connectivity index (χ3v) is 4.82. The van der Waals surface area contributed by atoms with Crippen LogP contribution < -0.4 is 10.6 Å². The van der Waals surface area contributed by atoms with E-state index in [0.717, 1.165) is 23.3 Å². The van der Waals surface area contributed by atoms with Gasteiger partial charge in [0.2, 0.25) is 5.91 Å². The standard InChI is InChI=1S/C18H20N2O4S/c1-3-11(2)16(21)20-13-6-4-5-12(9-13)10-19-17(22)14-7-8-15(25-14)18(23)24/h4-9,11H,3,10H2,1-2H3,(H,19,22)(H,20,21)(H,23,24). The van der Waals surface area contributed by atoms with Gasteiger partial charge >= 0.3 is 5.97 Å². The average Bonchev–Trinajstić information content (AvgIpc) is 3.09. The average molecular weight is 360 g/mol. The van der Waals surface area contributed by atoms with Crippen LogP contribution in [0.15, 0.2) is 36.4 Å². The number of benzene rings is 1. The van der Waals surface area contributed by atoms with Crippen LogP contribution >= 0.6 is 11.3 Å². The summed E-state index contributed by atoms with van der Waals surface area (Å²) in [5.41, 5.74) is 1.52. The van der Waals surface area contributed by atoms with E-state index < -0.39 is 5.97 Å². The van der Waals surface area contributed by atoms with Crippen molar-refractivity contribution < 1.29 is 19.5 Å². The molecule has 132 valence electrons. The molecule has 0 spiro atoms. The highest BCUT2D eigenvalue weighted by atomic mass is 32.1. The summed E-state index contributed by atoms with van der Waals surface area (Å²) in [6.07, 6.45) is 0.765. The summed E-state index contributed by atoms with van der Waals surface area (Å²) in [6, 6.07) is 10.2. The Kier molecular flexibility index (Phi) is 6.30. The van der Waals surface area contributed by atoms with Gasteiger partial charge in [0.15, 0.2) is 0 Å². The zero-order valence-corrected chi connectivity index (χ0v) is 14.9. The highest BCUT2D eigenvalue weighted by molar-refractivity contribution is 7.15. The molecule has 0 aliphatic carbocycles. The molecule has 7 heteroatoms. The van der Waals surface area contributed by atoms with Crippen molar-refractivity contribution in [1.29, 1.82) is 0 Å². The summed E-state index contributed by atoms with van der Waals surface area (Å²) in [6.45, 7) is 4.11. The summed E-state index contributed by atoms with van der Waals surface area (Å²) in [7, 11) is 0. The normalized spacial score (nSPS) is 11.6. The first kappa shape index (κ1) is 18.7. The van der Waals surface area contributed by atoms with Gasteiger partial charge < -0.3 is 15.7 Å². The number of anilines is 1. The molecule has 1 unspecified atom stereocenters. The topological polar surface area (TPSA) is 95.5 Å².